The molecule has 1 saturated heterocycles. The summed E-state index contributed by atoms with van der Waals surface area (Å²) < 4.78 is 27.5. The smallest absolute Gasteiger partial charge is 0.271 e. The van der Waals surface area contributed by atoms with Crippen LogP contribution in [0.1, 0.15) is 33.1 Å². The maximum Gasteiger partial charge on any atom is 0.271 e. The highest BCUT2D eigenvalue weighted by Crippen LogP contribution is 2.18. The monoisotopic (exact) mass is 341 g/mol. The number of nitrogens with zero attached hydrogens (tertiary/aromatic N) is 2. The summed E-state index contributed by atoms with van der Waals surface area (Å²) in [4.78, 5) is 24.1. The van der Waals surface area contributed by atoms with E-state index in [2.05, 4.69) is 5.32 Å². The molecule has 8 heteroatoms. The lowest BCUT2D eigenvalue weighted by Crippen LogP contribution is -2.39. The molecule has 1 aromatic rings. The molecule has 1 N–H and O–H groups in total. The lowest BCUT2D eigenvalue weighted by Gasteiger charge is -2.16. The maximum atomic E-state index is 12.5. The Labute approximate surface area is 136 Å². The minimum absolute atomic E-state index is 0.00900. The summed E-state index contributed by atoms with van der Waals surface area (Å²) in [5, 5.41) is 2.76. The summed E-state index contributed by atoms with van der Waals surface area (Å²) in [6.07, 6.45) is 3.82. The lowest BCUT2D eigenvalue weighted by molar-refractivity contribution is -0.122. The standard InChI is InChI=1S/C15H23N3O4S/c1-3-12(2)16-14(19)11-17-8-6-7-13(15(17)20)23(21,22)18-9-4-5-10-18/h6-8,12H,3-5,9-11H2,1-2H3,(H,16,19)/t12-/m0/s1. The first-order valence-corrected chi connectivity index (χ1v) is 9.29. The molecule has 1 aliphatic heterocycles. The number of carbonyl (C=O) groups is 1. The number of nitrogens with one attached hydrogen (secondary N) is 1. The summed E-state index contributed by atoms with van der Waals surface area (Å²) in [6.45, 7) is 4.50. The number of amides is 1. The Hall–Kier alpha value is -1.67. The molecule has 0 spiro atoms. The zero-order valence-corrected chi connectivity index (χ0v) is 14.3. The van der Waals surface area contributed by atoms with Crippen LogP contribution in [0.5, 0.6) is 0 Å². The first kappa shape index (κ1) is 17.7. The molecule has 2 rings (SSSR count). The third kappa shape index (κ3) is 4.00. The van der Waals surface area contributed by atoms with Crippen molar-refractivity contribution in [3.8, 4) is 0 Å². The van der Waals surface area contributed by atoms with Gasteiger partial charge in [-0.2, -0.15) is 4.31 Å². The molecule has 0 unspecified atom stereocenters. The van der Waals surface area contributed by atoms with Gasteiger partial charge in [0, 0.05) is 25.3 Å². The largest absolute Gasteiger partial charge is 0.352 e. The quantitative estimate of drug-likeness (QED) is 0.818. The van der Waals surface area contributed by atoms with E-state index in [-0.39, 0.29) is 23.4 Å². The highest BCUT2D eigenvalue weighted by atomic mass is 32.2. The van der Waals surface area contributed by atoms with Gasteiger partial charge in [-0.15, -0.1) is 0 Å². The van der Waals surface area contributed by atoms with Crippen LogP contribution in [0.25, 0.3) is 0 Å². The fourth-order valence-corrected chi connectivity index (χ4v) is 4.09. The van der Waals surface area contributed by atoms with Gasteiger partial charge in [-0.05, 0) is 38.3 Å². The van der Waals surface area contributed by atoms with E-state index < -0.39 is 15.6 Å². The molecule has 1 fully saturated rings. The third-order valence-corrected chi connectivity index (χ3v) is 5.91. The van der Waals surface area contributed by atoms with Crippen molar-refractivity contribution in [2.45, 2.75) is 50.6 Å². The van der Waals surface area contributed by atoms with Gasteiger partial charge in [-0.3, -0.25) is 9.59 Å². The number of rotatable bonds is 6. The first-order valence-electron chi connectivity index (χ1n) is 7.85. The van der Waals surface area contributed by atoms with Crippen LogP contribution in [-0.2, 0) is 21.4 Å². The molecule has 0 aromatic carbocycles. The van der Waals surface area contributed by atoms with Crippen LogP contribution in [0.15, 0.2) is 28.0 Å². The van der Waals surface area contributed by atoms with Gasteiger partial charge in [0.2, 0.25) is 15.9 Å². The third-order valence-electron chi connectivity index (χ3n) is 4.00. The van der Waals surface area contributed by atoms with Crippen LogP contribution in [0.3, 0.4) is 0 Å². The van der Waals surface area contributed by atoms with Crippen molar-refractivity contribution < 1.29 is 13.2 Å². The van der Waals surface area contributed by atoms with E-state index in [0.29, 0.717) is 13.1 Å². The normalized spacial score (nSPS) is 17.1. The average molecular weight is 341 g/mol. The van der Waals surface area contributed by atoms with Crippen molar-refractivity contribution in [3.63, 3.8) is 0 Å². The molecule has 23 heavy (non-hydrogen) atoms. The zero-order chi connectivity index (χ0) is 17.0. The van der Waals surface area contributed by atoms with Crippen LogP contribution < -0.4 is 10.9 Å². The molecule has 1 aromatic heterocycles. The SMILES string of the molecule is CC[C@H](C)NC(=O)Cn1cccc(S(=O)(=O)N2CCCC2)c1=O. The maximum absolute atomic E-state index is 12.5. The summed E-state index contributed by atoms with van der Waals surface area (Å²) in [5.74, 6) is -0.308. The van der Waals surface area contributed by atoms with E-state index in [9.17, 15) is 18.0 Å². The molecule has 7 nitrogen and oxygen atoms in total. The van der Waals surface area contributed by atoms with Crippen molar-refractivity contribution in [3.05, 3.63) is 28.7 Å². The molecular weight excluding hydrogens is 318 g/mol. The van der Waals surface area contributed by atoms with Crippen molar-refractivity contribution in [1.29, 1.82) is 0 Å². The van der Waals surface area contributed by atoms with Gasteiger partial charge in [0.1, 0.15) is 11.4 Å². The van der Waals surface area contributed by atoms with Crippen molar-refractivity contribution in [2.75, 3.05) is 13.1 Å². The van der Waals surface area contributed by atoms with Gasteiger partial charge in [-0.1, -0.05) is 6.92 Å². The molecule has 0 radical (unpaired) electrons. The fourth-order valence-electron chi connectivity index (χ4n) is 2.48. The summed E-state index contributed by atoms with van der Waals surface area (Å²) in [6, 6.07) is 2.80. The molecule has 1 aliphatic rings. The lowest BCUT2D eigenvalue weighted by atomic mass is 10.2. The summed E-state index contributed by atoms with van der Waals surface area (Å²) >= 11 is 0. The van der Waals surface area contributed by atoms with Gasteiger partial charge in [-0.25, -0.2) is 8.42 Å². The van der Waals surface area contributed by atoms with E-state index in [1.807, 2.05) is 13.8 Å². The predicted molar refractivity (Wildman–Crippen MR) is 86.6 cm³/mol. The predicted octanol–water partition coefficient (Wildman–Crippen LogP) is 0.548. The molecule has 0 bridgehead atoms. The topological polar surface area (TPSA) is 88.5 Å². The highest BCUT2D eigenvalue weighted by Gasteiger charge is 2.29. The van der Waals surface area contributed by atoms with Gasteiger partial charge in [0.15, 0.2) is 0 Å². The molecule has 2 heterocycles. The fraction of sp³-hybridized carbons (Fsp3) is 0.600. The number of hydrogen-bond acceptors (Lipinski definition) is 4. The number of carbonyl (C=O) groups excluding carboxylic acids is 1. The summed E-state index contributed by atoms with van der Waals surface area (Å²) in [7, 11) is -3.79. The molecule has 0 saturated carbocycles. The van der Waals surface area contributed by atoms with Crippen LogP contribution >= 0.6 is 0 Å². The Morgan fingerprint density at radius 3 is 2.61 bits per heavy atom. The van der Waals surface area contributed by atoms with Crippen LogP contribution in [0.4, 0.5) is 0 Å². The Morgan fingerprint density at radius 2 is 2.00 bits per heavy atom. The second-order valence-electron chi connectivity index (χ2n) is 5.79. The minimum Gasteiger partial charge on any atom is -0.352 e. The second-order valence-corrected chi connectivity index (χ2v) is 7.70. The van der Waals surface area contributed by atoms with Gasteiger partial charge < -0.3 is 9.88 Å². The molecule has 1 atom stereocenters. The van der Waals surface area contributed by atoms with E-state index >= 15 is 0 Å². The van der Waals surface area contributed by atoms with Crippen molar-refractivity contribution in [2.24, 2.45) is 0 Å². The van der Waals surface area contributed by atoms with Crippen LogP contribution in [-0.4, -0.2) is 42.3 Å². The van der Waals surface area contributed by atoms with E-state index in [0.717, 1.165) is 23.8 Å². The minimum atomic E-state index is -3.79. The van der Waals surface area contributed by atoms with Crippen LogP contribution in [0.2, 0.25) is 0 Å². The van der Waals surface area contributed by atoms with Gasteiger partial charge >= 0.3 is 0 Å². The second kappa shape index (κ2) is 7.27. The number of aromatic nitrogens is 1. The Morgan fingerprint density at radius 1 is 1.35 bits per heavy atom. The molecule has 128 valence electrons. The van der Waals surface area contributed by atoms with E-state index in [1.165, 1.54) is 22.6 Å². The molecular formula is C15H23N3O4S. The Bertz CT molecular complexity index is 720. The van der Waals surface area contributed by atoms with Gasteiger partial charge in [0.25, 0.3) is 5.56 Å². The summed E-state index contributed by atoms with van der Waals surface area (Å²) in [5.41, 5.74) is -0.654. The van der Waals surface area contributed by atoms with Crippen molar-refractivity contribution >= 4 is 15.9 Å². The van der Waals surface area contributed by atoms with Crippen LogP contribution in [0, 0.1) is 0 Å². The van der Waals surface area contributed by atoms with Gasteiger partial charge in [0.05, 0.1) is 0 Å². The van der Waals surface area contributed by atoms with E-state index in [1.54, 1.807) is 0 Å². The first-order chi connectivity index (χ1) is 10.9. The number of hydrogen-bond donors (Lipinski definition) is 1. The zero-order valence-electron chi connectivity index (χ0n) is 13.5. The Kier molecular flexibility index (Phi) is 5.59. The molecule has 0 aliphatic carbocycles. The van der Waals surface area contributed by atoms with Crippen molar-refractivity contribution in [1.82, 2.24) is 14.2 Å². The average Bonchev–Trinajstić information content (AvgIpc) is 3.04. The molecule has 1 amide bonds. The Balaban J connectivity index is 2.25. The number of pyridine rings is 1. The highest BCUT2D eigenvalue weighted by molar-refractivity contribution is 7.89. The number of sulfonamides is 1. The van der Waals surface area contributed by atoms with E-state index in [4.69, 9.17) is 0 Å².